The van der Waals surface area contributed by atoms with E-state index in [-0.39, 0.29) is 12.1 Å². The van der Waals surface area contributed by atoms with Crippen LogP contribution in [0.3, 0.4) is 0 Å². The Labute approximate surface area is 113 Å². The van der Waals surface area contributed by atoms with Gasteiger partial charge in [0, 0.05) is 22.6 Å². The summed E-state index contributed by atoms with van der Waals surface area (Å²) in [6.45, 7) is 6.53. The molecule has 0 saturated carbocycles. The standard InChI is InChI=1S/C14H23BrN2/c1-5-10(2)17(4)14(11(3)16)12-6-8-13(15)9-7-12/h6-11,14H,5,16H2,1-4H3. The topological polar surface area (TPSA) is 29.3 Å². The molecule has 0 aliphatic rings. The van der Waals surface area contributed by atoms with Crippen molar-refractivity contribution in [3.05, 3.63) is 34.3 Å². The molecular formula is C14H23BrN2. The average Bonchev–Trinajstić information content (AvgIpc) is 2.30. The molecule has 0 heterocycles. The third kappa shape index (κ3) is 3.80. The number of nitrogens with two attached hydrogens (primary N) is 1. The lowest BCUT2D eigenvalue weighted by Gasteiger charge is -2.35. The van der Waals surface area contributed by atoms with Crippen LogP contribution in [-0.2, 0) is 0 Å². The minimum Gasteiger partial charge on any atom is -0.326 e. The monoisotopic (exact) mass is 298 g/mol. The van der Waals surface area contributed by atoms with Gasteiger partial charge in [0.2, 0.25) is 0 Å². The Morgan fingerprint density at radius 1 is 1.24 bits per heavy atom. The highest BCUT2D eigenvalue weighted by Gasteiger charge is 2.23. The number of likely N-dealkylation sites (N-methyl/N-ethyl adjacent to an activating group) is 1. The molecule has 17 heavy (non-hydrogen) atoms. The van der Waals surface area contributed by atoms with Gasteiger partial charge in [0.25, 0.3) is 0 Å². The first-order valence-electron chi connectivity index (χ1n) is 6.20. The molecule has 1 aromatic rings. The van der Waals surface area contributed by atoms with E-state index in [0.29, 0.717) is 6.04 Å². The SMILES string of the molecule is CCC(C)N(C)C(c1ccc(Br)cc1)C(C)N. The van der Waals surface area contributed by atoms with Crippen LogP contribution in [0, 0.1) is 0 Å². The van der Waals surface area contributed by atoms with Gasteiger partial charge >= 0.3 is 0 Å². The molecule has 0 spiro atoms. The Balaban J connectivity index is 2.97. The van der Waals surface area contributed by atoms with E-state index in [0.717, 1.165) is 10.9 Å². The van der Waals surface area contributed by atoms with E-state index in [1.165, 1.54) is 5.56 Å². The van der Waals surface area contributed by atoms with Gasteiger partial charge in [0.05, 0.1) is 0 Å². The van der Waals surface area contributed by atoms with Crippen molar-refractivity contribution in [3.8, 4) is 0 Å². The average molecular weight is 299 g/mol. The Morgan fingerprint density at radius 3 is 2.18 bits per heavy atom. The molecule has 0 aliphatic heterocycles. The third-order valence-corrected chi connectivity index (χ3v) is 3.96. The zero-order chi connectivity index (χ0) is 13.0. The fraction of sp³-hybridized carbons (Fsp3) is 0.571. The summed E-state index contributed by atoms with van der Waals surface area (Å²) < 4.78 is 1.11. The highest BCUT2D eigenvalue weighted by atomic mass is 79.9. The summed E-state index contributed by atoms with van der Waals surface area (Å²) in [6.07, 6.45) is 1.14. The number of hydrogen-bond donors (Lipinski definition) is 1. The molecule has 3 heteroatoms. The first-order valence-corrected chi connectivity index (χ1v) is 6.99. The third-order valence-electron chi connectivity index (χ3n) is 3.43. The molecule has 3 unspecified atom stereocenters. The zero-order valence-corrected chi connectivity index (χ0v) is 12.7. The van der Waals surface area contributed by atoms with Crippen LogP contribution in [-0.4, -0.2) is 24.0 Å². The number of nitrogens with zero attached hydrogens (tertiary/aromatic N) is 1. The highest BCUT2D eigenvalue weighted by molar-refractivity contribution is 9.10. The lowest BCUT2D eigenvalue weighted by Crippen LogP contribution is -2.41. The van der Waals surface area contributed by atoms with E-state index in [2.05, 4.69) is 72.9 Å². The second-order valence-corrected chi connectivity index (χ2v) is 5.69. The van der Waals surface area contributed by atoms with E-state index in [9.17, 15) is 0 Å². The molecule has 0 fully saturated rings. The van der Waals surface area contributed by atoms with E-state index in [1.807, 2.05) is 0 Å². The number of hydrogen-bond acceptors (Lipinski definition) is 2. The second kappa shape index (κ2) is 6.53. The van der Waals surface area contributed by atoms with Crippen molar-refractivity contribution in [2.75, 3.05) is 7.05 Å². The Kier molecular flexibility index (Phi) is 5.63. The van der Waals surface area contributed by atoms with Crippen LogP contribution in [0.15, 0.2) is 28.7 Å². The van der Waals surface area contributed by atoms with Gasteiger partial charge in [-0.1, -0.05) is 35.0 Å². The predicted molar refractivity (Wildman–Crippen MR) is 78.0 cm³/mol. The molecule has 1 aromatic carbocycles. The van der Waals surface area contributed by atoms with Gasteiger partial charge in [-0.15, -0.1) is 0 Å². The fourth-order valence-corrected chi connectivity index (χ4v) is 2.40. The summed E-state index contributed by atoms with van der Waals surface area (Å²) >= 11 is 3.47. The predicted octanol–water partition coefficient (Wildman–Crippen LogP) is 3.57. The van der Waals surface area contributed by atoms with Crippen molar-refractivity contribution in [2.24, 2.45) is 5.73 Å². The maximum absolute atomic E-state index is 6.15. The zero-order valence-electron chi connectivity index (χ0n) is 11.2. The van der Waals surface area contributed by atoms with Gasteiger partial charge in [-0.05, 0) is 45.0 Å². The second-order valence-electron chi connectivity index (χ2n) is 4.78. The smallest absolute Gasteiger partial charge is 0.0496 e. The van der Waals surface area contributed by atoms with Crippen LogP contribution in [0.1, 0.15) is 38.8 Å². The van der Waals surface area contributed by atoms with Gasteiger partial charge in [0.1, 0.15) is 0 Å². The summed E-state index contributed by atoms with van der Waals surface area (Å²) in [5.41, 5.74) is 7.43. The van der Waals surface area contributed by atoms with Gasteiger partial charge < -0.3 is 5.73 Å². The number of halogens is 1. The van der Waals surface area contributed by atoms with Crippen LogP contribution in [0.4, 0.5) is 0 Å². The lowest BCUT2D eigenvalue weighted by molar-refractivity contribution is 0.161. The van der Waals surface area contributed by atoms with Gasteiger partial charge in [-0.2, -0.15) is 0 Å². The molecule has 1 rings (SSSR count). The van der Waals surface area contributed by atoms with Crippen LogP contribution < -0.4 is 5.73 Å². The molecule has 0 bridgehead atoms. The van der Waals surface area contributed by atoms with Crippen LogP contribution in [0.5, 0.6) is 0 Å². The van der Waals surface area contributed by atoms with Gasteiger partial charge in [-0.3, -0.25) is 4.90 Å². The summed E-state index contributed by atoms with van der Waals surface area (Å²) in [5, 5.41) is 0. The molecular weight excluding hydrogens is 276 g/mol. The van der Waals surface area contributed by atoms with Gasteiger partial charge in [0.15, 0.2) is 0 Å². The summed E-state index contributed by atoms with van der Waals surface area (Å²) in [6, 6.07) is 9.39. The summed E-state index contributed by atoms with van der Waals surface area (Å²) in [7, 11) is 2.16. The first kappa shape index (κ1) is 14.7. The minimum absolute atomic E-state index is 0.121. The Bertz CT molecular complexity index is 335. The van der Waals surface area contributed by atoms with Crippen molar-refractivity contribution in [1.82, 2.24) is 4.90 Å². The first-order chi connectivity index (χ1) is 7.97. The van der Waals surface area contributed by atoms with E-state index < -0.39 is 0 Å². The maximum Gasteiger partial charge on any atom is 0.0496 e. The quantitative estimate of drug-likeness (QED) is 0.900. The molecule has 96 valence electrons. The van der Waals surface area contributed by atoms with Crippen LogP contribution in [0.2, 0.25) is 0 Å². The molecule has 0 aliphatic carbocycles. The number of rotatable bonds is 5. The summed E-state index contributed by atoms with van der Waals surface area (Å²) in [4.78, 5) is 2.37. The molecule has 0 amide bonds. The molecule has 0 saturated heterocycles. The minimum atomic E-state index is 0.121. The van der Waals surface area contributed by atoms with E-state index >= 15 is 0 Å². The summed E-state index contributed by atoms with van der Waals surface area (Å²) in [5.74, 6) is 0. The molecule has 2 nitrogen and oxygen atoms in total. The molecule has 0 radical (unpaired) electrons. The van der Waals surface area contributed by atoms with E-state index in [1.54, 1.807) is 0 Å². The lowest BCUT2D eigenvalue weighted by atomic mass is 9.98. The molecule has 2 N–H and O–H groups in total. The van der Waals surface area contributed by atoms with Crippen molar-refractivity contribution in [1.29, 1.82) is 0 Å². The largest absolute Gasteiger partial charge is 0.326 e. The van der Waals surface area contributed by atoms with Crippen LogP contribution in [0.25, 0.3) is 0 Å². The van der Waals surface area contributed by atoms with Crippen molar-refractivity contribution >= 4 is 15.9 Å². The van der Waals surface area contributed by atoms with Crippen LogP contribution >= 0.6 is 15.9 Å². The van der Waals surface area contributed by atoms with Crippen molar-refractivity contribution < 1.29 is 0 Å². The number of benzene rings is 1. The van der Waals surface area contributed by atoms with Gasteiger partial charge in [-0.25, -0.2) is 0 Å². The van der Waals surface area contributed by atoms with Crippen molar-refractivity contribution in [3.63, 3.8) is 0 Å². The molecule has 3 atom stereocenters. The highest BCUT2D eigenvalue weighted by Crippen LogP contribution is 2.26. The van der Waals surface area contributed by atoms with Crippen molar-refractivity contribution in [2.45, 2.75) is 45.3 Å². The molecule has 0 aromatic heterocycles. The Morgan fingerprint density at radius 2 is 1.76 bits per heavy atom. The fourth-order valence-electron chi connectivity index (χ4n) is 2.13. The van der Waals surface area contributed by atoms with E-state index in [4.69, 9.17) is 5.73 Å². The maximum atomic E-state index is 6.15. The normalized spacial score (nSPS) is 16.9. The Hall–Kier alpha value is -0.380.